The molecule has 14 heavy (non-hydrogen) atoms. The smallest absolute Gasteiger partial charge is 0.146 e. The monoisotopic (exact) mass is 203 g/mol. The fourth-order valence-electron chi connectivity index (χ4n) is 1.69. The standard InChI is InChI=1S/C11H9NOS/c1-2-9-10(12-5-1)11-8(3-6-13-9)4-7-14-11/h1-2,4-5,7H,3,6H2. The van der Waals surface area contributed by atoms with Crippen LogP contribution in [-0.4, -0.2) is 11.6 Å². The van der Waals surface area contributed by atoms with E-state index in [4.69, 9.17) is 4.74 Å². The topological polar surface area (TPSA) is 22.1 Å². The van der Waals surface area contributed by atoms with E-state index >= 15 is 0 Å². The molecule has 0 aliphatic carbocycles. The van der Waals surface area contributed by atoms with Crippen LogP contribution in [0.25, 0.3) is 10.6 Å². The molecule has 70 valence electrons. The normalized spacial score (nSPS) is 13.7. The van der Waals surface area contributed by atoms with Gasteiger partial charge in [0, 0.05) is 12.6 Å². The van der Waals surface area contributed by atoms with Crippen molar-refractivity contribution < 1.29 is 4.74 Å². The van der Waals surface area contributed by atoms with Gasteiger partial charge in [0.25, 0.3) is 0 Å². The van der Waals surface area contributed by atoms with Crippen molar-refractivity contribution in [2.75, 3.05) is 6.61 Å². The van der Waals surface area contributed by atoms with Crippen molar-refractivity contribution in [2.45, 2.75) is 6.42 Å². The first-order valence-electron chi connectivity index (χ1n) is 4.60. The lowest BCUT2D eigenvalue weighted by Gasteiger charge is -2.04. The van der Waals surface area contributed by atoms with Crippen molar-refractivity contribution in [1.29, 1.82) is 0 Å². The van der Waals surface area contributed by atoms with Crippen LogP contribution in [0.3, 0.4) is 0 Å². The lowest BCUT2D eigenvalue weighted by atomic mass is 10.1. The van der Waals surface area contributed by atoms with E-state index in [0.29, 0.717) is 0 Å². The maximum Gasteiger partial charge on any atom is 0.146 e. The molecule has 0 bridgehead atoms. The molecule has 0 N–H and O–H groups in total. The minimum absolute atomic E-state index is 0.752. The summed E-state index contributed by atoms with van der Waals surface area (Å²) in [6.07, 6.45) is 2.80. The fourth-order valence-corrected chi connectivity index (χ4v) is 2.64. The minimum atomic E-state index is 0.752. The molecule has 1 aliphatic heterocycles. The van der Waals surface area contributed by atoms with Crippen LogP contribution in [0.4, 0.5) is 0 Å². The van der Waals surface area contributed by atoms with E-state index in [1.165, 1.54) is 10.4 Å². The van der Waals surface area contributed by atoms with Crippen LogP contribution >= 0.6 is 11.3 Å². The van der Waals surface area contributed by atoms with Crippen LogP contribution in [0, 0.1) is 0 Å². The minimum Gasteiger partial charge on any atom is -0.491 e. The Morgan fingerprint density at radius 2 is 2.36 bits per heavy atom. The highest BCUT2D eigenvalue weighted by Crippen LogP contribution is 2.36. The zero-order valence-electron chi connectivity index (χ0n) is 7.56. The Balaban J connectivity index is 2.27. The molecule has 2 aromatic rings. The summed E-state index contributed by atoms with van der Waals surface area (Å²) < 4.78 is 5.63. The van der Waals surface area contributed by atoms with Gasteiger partial charge in [-0.25, -0.2) is 0 Å². The SMILES string of the molecule is c1cnc2c(c1)OCCc1ccsc1-2. The van der Waals surface area contributed by atoms with Gasteiger partial charge in [-0.15, -0.1) is 11.3 Å². The Morgan fingerprint density at radius 1 is 1.36 bits per heavy atom. The summed E-state index contributed by atoms with van der Waals surface area (Å²) in [5.41, 5.74) is 2.35. The first-order chi connectivity index (χ1) is 6.95. The molecule has 0 radical (unpaired) electrons. The predicted octanol–water partition coefficient (Wildman–Crippen LogP) is 2.75. The third-order valence-corrected chi connectivity index (χ3v) is 3.32. The van der Waals surface area contributed by atoms with Gasteiger partial charge in [0.2, 0.25) is 0 Å². The summed E-state index contributed by atoms with van der Waals surface area (Å²) in [5, 5.41) is 2.12. The molecular formula is C11H9NOS. The van der Waals surface area contributed by atoms with Gasteiger partial charge in [-0.3, -0.25) is 4.98 Å². The molecule has 2 aromatic heterocycles. The molecule has 0 unspecified atom stereocenters. The average Bonchev–Trinajstić information content (AvgIpc) is 2.61. The molecule has 0 saturated carbocycles. The van der Waals surface area contributed by atoms with Crippen molar-refractivity contribution in [3.8, 4) is 16.3 Å². The van der Waals surface area contributed by atoms with Crippen molar-refractivity contribution in [3.63, 3.8) is 0 Å². The number of ether oxygens (including phenoxy) is 1. The van der Waals surface area contributed by atoms with Gasteiger partial charge in [-0.2, -0.15) is 0 Å². The Hall–Kier alpha value is -1.35. The summed E-state index contributed by atoms with van der Waals surface area (Å²) >= 11 is 1.74. The Bertz CT molecular complexity index is 464. The van der Waals surface area contributed by atoms with Crippen molar-refractivity contribution >= 4 is 11.3 Å². The number of pyridine rings is 1. The quantitative estimate of drug-likeness (QED) is 0.656. The zero-order valence-corrected chi connectivity index (χ0v) is 8.38. The number of aromatic nitrogens is 1. The summed E-state index contributed by atoms with van der Waals surface area (Å²) in [6.45, 7) is 0.752. The predicted molar refractivity (Wildman–Crippen MR) is 56.7 cm³/mol. The number of fused-ring (bicyclic) bond motifs is 3. The Morgan fingerprint density at radius 3 is 3.36 bits per heavy atom. The van der Waals surface area contributed by atoms with Crippen LogP contribution < -0.4 is 4.74 Å². The second kappa shape index (κ2) is 3.10. The summed E-state index contributed by atoms with van der Waals surface area (Å²) in [4.78, 5) is 5.64. The third kappa shape index (κ3) is 1.13. The van der Waals surface area contributed by atoms with Crippen LogP contribution in [-0.2, 0) is 6.42 Å². The van der Waals surface area contributed by atoms with Gasteiger partial charge >= 0.3 is 0 Å². The molecule has 0 saturated heterocycles. The number of nitrogens with zero attached hydrogens (tertiary/aromatic N) is 1. The van der Waals surface area contributed by atoms with E-state index in [1.807, 2.05) is 18.3 Å². The van der Waals surface area contributed by atoms with E-state index < -0.39 is 0 Å². The maximum atomic E-state index is 5.63. The molecule has 0 fully saturated rings. The van der Waals surface area contributed by atoms with Gasteiger partial charge in [-0.05, 0) is 29.1 Å². The van der Waals surface area contributed by atoms with Crippen molar-refractivity contribution in [1.82, 2.24) is 4.98 Å². The van der Waals surface area contributed by atoms with Crippen LogP contribution in [0.2, 0.25) is 0 Å². The number of hydrogen-bond acceptors (Lipinski definition) is 3. The zero-order chi connectivity index (χ0) is 9.38. The molecule has 2 nitrogen and oxygen atoms in total. The highest BCUT2D eigenvalue weighted by molar-refractivity contribution is 7.13. The Labute approximate surface area is 86.2 Å². The lowest BCUT2D eigenvalue weighted by Crippen LogP contribution is -1.97. The number of thiophene rings is 1. The first-order valence-corrected chi connectivity index (χ1v) is 5.47. The molecule has 0 aromatic carbocycles. The largest absolute Gasteiger partial charge is 0.491 e. The van der Waals surface area contributed by atoms with Gasteiger partial charge in [-0.1, -0.05) is 0 Å². The molecule has 3 rings (SSSR count). The summed E-state index contributed by atoms with van der Waals surface area (Å²) in [5.74, 6) is 0.911. The van der Waals surface area contributed by atoms with Gasteiger partial charge < -0.3 is 4.74 Å². The Kier molecular flexibility index (Phi) is 1.77. The second-order valence-electron chi connectivity index (χ2n) is 3.22. The highest BCUT2D eigenvalue weighted by Gasteiger charge is 2.16. The molecule has 0 spiro atoms. The van der Waals surface area contributed by atoms with Crippen molar-refractivity contribution in [2.24, 2.45) is 0 Å². The van der Waals surface area contributed by atoms with E-state index in [1.54, 1.807) is 11.3 Å². The summed E-state index contributed by atoms with van der Waals surface area (Å²) in [7, 11) is 0. The van der Waals surface area contributed by atoms with E-state index in [0.717, 1.165) is 24.5 Å². The lowest BCUT2D eigenvalue weighted by molar-refractivity contribution is 0.325. The van der Waals surface area contributed by atoms with Gasteiger partial charge in [0.15, 0.2) is 0 Å². The molecule has 3 heteroatoms. The van der Waals surface area contributed by atoms with Crippen LogP contribution in [0.15, 0.2) is 29.8 Å². The number of rotatable bonds is 0. The molecular weight excluding hydrogens is 194 g/mol. The van der Waals surface area contributed by atoms with E-state index in [9.17, 15) is 0 Å². The van der Waals surface area contributed by atoms with Gasteiger partial charge in [0.1, 0.15) is 11.4 Å². The van der Waals surface area contributed by atoms with E-state index in [2.05, 4.69) is 16.4 Å². The van der Waals surface area contributed by atoms with Gasteiger partial charge in [0.05, 0.1) is 11.5 Å². The molecule has 1 aliphatic rings. The molecule has 0 amide bonds. The first kappa shape index (κ1) is 8.00. The fraction of sp³-hybridized carbons (Fsp3) is 0.182. The number of hydrogen-bond donors (Lipinski definition) is 0. The molecule has 0 atom stereocenters. The average molecular weight is 203 g/mol. The molecule has 3 heterocycles. The summed E-state index contributed by atoms with van der Waals surface area (Å²) in [6, 6.07) is 6.06. The van der Waals surface area contributed by atoms with Crippen molar-refractivity contribution in [3.05, 3.63) is 35.3 Å². The van der Waals surface area contributed by atoms with Crippen LogP contribution in [0.5, 0.6) is 5.75 Å². The highest BCUT2D eigenvalue weighted by atomic mass is 32.1. The third-order valence-electron chi connectivity index (χ3n) is 2.36. The van der Waals surface area contributed by atoms with Crippen LogP contribution in [0.1, 0.15) is 5.56 Å². The van der Waals surface area contributed by atoms with E-state index in [-0.39, 0.29) is 0 Å². The maximum absolute atomic E-state index is 5.63. The second-order valence-corrected chi connectivity index (χ2v) is 4.14.